The van der Waals surface area contributed by atoms with Gasteiger partial charge in [-0.15, -0.1) is 0 Å². The average molecular weight is 300 g/mol. The quantitative estimate of drug-likeness (QED) is 0.696. The standard InChI is InChI=1S/C18H24N2O2/c1-3-9-20-16-7-5-12(18(21)22-4-2)10-14(16)15-11-13(19)6-8-17(15)20/h6,8,11-12H,3-5,7,9-10,19H2,1-2H3. The van der Waals surface area contributed by atoms with Crippen LogP contribution < -0.4 is 5.73 Å². The third-order valence-electron chi connectivity index (χ3n) is 4.56. The summed E-state index contributed by atoms with van der Waals surface area (Å²) in [5.74, 6) is -0.0806. The van der Waals surface area contributed by atoms with Crippen LogP contribution in [0.4, 0.5) is 5.69 Å². The molecule has 4 heteroatoms. The molecule has 1 atom stereocenters. The highest BCUT2D eigenvalue weighted by Crippen LogP contribution is 2.36. The van der Waals surface area contributed by atoms with Crippen LogP contribution in [0.2, 0.25) is 0 Å². The van der Waals surface area contributed by atoms with Crippen molar-refractivity contribution >= 4 is 22.6 Å². The number of anilines is 1. The van der Waals surface area contributed by atoms with Gasteiger partial charge in [0.05, 0.1) is 12.5 Å². The highest BCUT2D eigenvalue weighted by atomic mass is 16.5. The summed E-state index contributed by atoms with van der Waals surface area (Å²) >= 11 is 0. The molecule has 0 spiro atoms. The molecule has 2 N–H and O–H groups in total. The lowest BCUT2D eigenvalue weighted by molar-refractivity contribution is -0.148. The predicted octanol–water partition coefficient (Wildman–Crippen LogP) is 3.30. The van der Waals surface area contributed by atoms with E-state index in [9.17, 15) is 4.79 Å². The van der Waals surface area contributed by atoms with E-state index in [-0.39, 0.29) is 11.9 Å². The zero-order valence-electron chi connectivity index (χ0n) is 13.4. The number of aryl methyl sites for hydroxylation is 1. The molecule has 22 heavy (non-hydrogen) atoms. The molecule has 1 aromatic heterocycles. The van der Waals surface area contributed by atoms with E-state index in [4.69, 9.17) is 10.5 Å². The van der Waals surface area contributed by atoms with E-state index in [1.807, 2.05) is 19.1 Å². The van der Waals surface area contributed by atoms with Gasteiger partial charge < -0.3 is 15.0 Å². The van der Waals surface area contributed by atoms with E-state index in [0.29, 0.717) is 6.61 Å². The van der Waals surface area contributed by atoms with Crippen molar-refractivity contribution in [3.05, 3.63) is 29.5 Å². The number of rotatable bonds is 4. The van der Waals surface area contributed by atoms with E-state index >= 15 is 0 Å². The van der Waals surface area contributed by atoms with E-state index in [1.54, 1.807) is 0 Å². The second kappa shape index (κ2) is 6.03. The number of nitrogens with two attached hydrogens (primary N) is 1. The fraction of sp³-hybridized carbons (Fsp3) is 0.500. The highest BCUT2D eigenvalue weighted by Gasteiger charge is 2.30. The minimum absolute atomic E-state index is 0.0189. The SMILES string of the molecule is CCCn1c2c(c3cc(N)ccc31)CC(C(=O)OCC)CC2. The first-order valence-corrected chi connectivity index (χ1v) is 8.21. The third-order valence-corrected chi connectivity index (χ3v) is 4.56. The van der Waals surface area contributed by atoms with Crippen molar-refractivity contribution in [2.45, 2.75) is 46.1 Å². The second-order valence-electron chi connectivity index (χ2n) is 6.05. The molecule has 2 aromatic rings. The number of aromatic nitrogens is 1. The Hall–Kier alpha value is -1.97. The Morgan fingerprint density at radius 3 is 2.95 bits per heavy atom. The number of fused-ring (bicyclic) bond motifs is 3. The Bertz CT molecular complexity index is 703. The van der Waals surface area contributed by atoms with Gasteiger partial charge in [0.1, 0.15) is 0 Å². The van der Waals surface area contributed by atoms with Crippen molar-refractivity contribution in [3.63, 3.8) is 0 Å². The van der Waals surface area contributed by atoms with Gasteiger partial charge in [-0.2, -0.15) is 0 Å². The molecule has 0 saturated carbocycles. The average Bonchev–Trinajstić information content (AvgIpc) is 2.81. The monoisotopic (exact) mass is 300 g/mol. The molecular weight excluding hydrogens is 276 g/mol. The molecule has 0 fully saturated rings. The molecule has 0 radical (unpaired) electrons. The van der Waals surface area contributed by atoms with Crippen LogP contribution in [-0.4, -0.2) is 17.1 Å². The number of esters is 1. The van der Waals surface area contributed by atoms with Crippen LogP contribution in [0.1, 0.15) is 37.9 Å². The van der Waals surface area contributed by atoms with Crippen molar-refractivity contribution < 1.29 is 9.53 Å². The first-order chi connectivity index (χ1) is 10.7. The molecule has 1 aliphatic carbocycles. The van der Waals surface area contributed by atoms with Crippen LogP contribution >= 0.6 is 0 Å². The normalized spacial score (nSPS) is 17.5. The molecule has 0 aliphatic heterocycles. The minimum Gasteiger partial charge on any atom is -0.466 e. The molecule has 1 aliphatic rings. The Morgan fingerprint density at radius 2 is 2.23 bits per heavy atom. The van der Waals surface area contributed by atoms with Gasteiger partial charge in [0, 0.05) is 28.8 Å². The zero-order chi connectivity index (χ0) is 15.7. The summed E-state index contributed by atoms with van der Waals surface area (Å²) in [4.78, 5) is 12.1. The van der Waals surface area contributed by atoms with E-state index in [2.05, 4.69) is 17.6 Å². The Balaban J connectivity index is 2.05. The smallest absolute Gasteiger partial charge is 0.309 e. The number of hydrogen-bond acceptors (Lipinski definition) is 3. The number of carbonyl (C=O) groups excluding carboxylic acids is 1. The van der Waals surface area contributed by atoms with E-state index in [0.717, 1.165) is 37.9 Å². The molecule has 0 amide bonds. The molecule has 1 heterocycles. The number of ether oxygens (including phenoxy) is 1. The Kier molecular flexibility index (Phi) is 4.10. The maximum Gasteiger partial charge on any atom is 0.309 e. The number of nitrogen functional groups attached to an aromatic ring is 1. The number of benzene rings is 1. The maximum atomic E-state index is 12.1. The highest BCUT2D eigenvalue weighted by molar-refractivity contribution is 5.89. The Labute approximate surface area is 131 Å². The fourth-order valence-corrected chi connectivity index (χ4v) is 3.61. The van der Waals surface area contributed by atoms with Crippen LogP contribution in [0.3, 0.4) is 0 Å². The van der Waals surface area contributed by atoms with E-state index in [1.165, 1.54) is 22.2 Å². The minimum atomic E-state index is -0.0616. The van der Waals surface area contributed by atoms with Crippen molar-refractivity contribution in [1.29, 1.82) is 0 Å². The fourth-order valence-electron chi connectivity index (χ4n) is 3.61. The van der Waals surface area contributed by atoms with Crippen LogP contribution in [-0.2, 0) is 28.9 Å². The molecule has 0 saturated heterocycles. The number of carbonyl (C=O) groups is 1. The van der Waals surface area contributed by atoms with Gasteiger partial charge in [-0.1, -0.05) is 6.92 Å². The predicted molar refractivity (Wildman–Crippen MR) is 88.8 cm³/mol. The molecular formula is C18H24N2O2. The molecule has 1 aromatic carbocycles. The molecule has 118 valence electrons. The molecule has 4 nitrogen and oxygen atoms in total. The zero-order valence-corrected chi connectivity index (χ0v) is 13.4. The van der Waals surface area contributed by atoms with Crippen LogP contribution in [0.5, 0.6) is 0 Å². The first kappa shape index (κ1) is 14.9. The summed E-state index contributed by atoms with van der Waals surface area (Å²) in [5, 5.41) is 1.21. The summed E-state index contributed by atoms with van der Waals surface area (Å²) in [6.45, 7) is 5.52. The number of hydrogen-bond donors (Lipinski definition) is 1. The van der Waals surface area contributed by atoms with Gasteiger partial charge in [0.15, 0.2) is 0 Å². The van der Waals surface area contributed by atoms with Gasteiger partial charge >= 0.3 is 5.97 Å². The Morgan fingerprint density at radius 1 is 1.41 bits per heavy atom. The van der Waals surface area contributed by atoms with Crippen LogP contribution in [0.25, 0.3) is 10.9 Å². The summed E-state index contributed by atoms with van der Waals surface area (Å²) in [6, 6.07) is 6.12. The summed E-state index contributed by atoms with van der Waals surface area (Å²) < 4.78 is 7.62. The van der Waals surface area contributed by atoms with Crippen LogP contribution in [0.15, 0.2) is 18.2 Å². The summed E-state index contributed by atoms with van der Waals surface area (Å²) in [7, 11) is 0. The second-order valence-corrected chi connectivity index (χ2v) is 6.05. The first-order valence-electron chi connectivity index (χ1n) is 8.21. The van der Waals surface area contributed by atoms with E-state index < -0.39 is 0 Å². The lowest BCUT2D eigenvalue weighted by Crippen LogP contribution is -2.25. The number of nitrogens with zero attached hydrogens (tertiary/aromatic N) is 1. The van der Waals surface area contributed by atoms with Gasteiger partial charge in [0.25, 0.3) is 0 Å². The van der Waals surface area contributed by atoms with Gasteiger partial charge in [-0.3, -0.25) is 4.79 Å². The lowest BCUT2D eigenvalue weighted by atomic mass is 9.86. The summed E-state index contributed by atoms with van der Waals surface area (Å²) in [5.41, 5.74) is 10.7. The van der Waals surface area contributed by atoms with Gasteiger partial charge in [0.2, 0.25) is 0 Å². The van der Waals surface area contributed by atoms with Gasteiger partial charge in [-0.05, 0) is 56.4 Å². The van der Waals surface area contributed by atoms with Crippen molar-refractivity contribution in [3.8, 4) is 0 Å². The van der Waals surface area contributed by atoms with Crippen molar-refractivity contribution in [2.24, 2.45) is 5.92 Å². The largest absolute Gasteiger partial charge is 0.466 e. The molecule has 1 unspecified atom stereocenters. The van der Waals surface area contributed by atoms with Crippen molar-refractivity contribution in [1.82, 2.24) is 4.57 Å². The maximum absolute atomic E-state index is 12.1. The lowest BCUT2D eigenvalue weighted by Gasteiger charge is -2.22. The van der Waals surface area contributed by atoms with Gasteiger partial charge in [-0.25, -0.2) is 0 Å². The van der Waals surface area contributed by atoms with Crippen molar-refractivity contribution in [2.75, 3.05) is 12.3 Å². The molecule has 0 bridgehead atoms. The third kappa shape index (κ3) is 2.47. The molecule has 3 rings (SSSR count). The topological polar surface area (TPSA) is 57.2 Å². The summed E-state index contributed by atoms with van der Waals surface area (Å²) in [6.07, 6.45) is 3.68. The van der Waals surface area contributed by atoms with Crippen LogP contribution in [0, 0.1) is 5.92 Å².